The normalized spacial score (nSPS) is 12.5. The van der Waals surface area contributed by atoms with Gasteiger partial charge in [0, 0.05) is 6.54 Å². The molecule has 3 nitrogen and oxygen atoms in total. The fraction of sp³-hybridized carbons (Fsp3) is 0.650. The first-order valence-corrected chi connectivity index (χ1v) is 8.56. The summed E-state index contributed by atoms with van der Waals surface area (Å²) in [5.74, 6) is -0.127. The molecule has 0 aromatic carbocycles. The van der Waals surface area contributed by atoms with Gasteiger partial charge in [0.1, 0.15) is 6.61 Å². The van der Waals surface area contributed by atoms with Crippen LogP contribution in [0.3, 0.4) is 0 Å². The van der Waals surface area contributed by atoms with Crippen LogP contribution in [0, 0.1) is 0 Å². The lowest BCUT2D eigenvalue weighted by Crippen LogP contribution is -2.18. The van der Waals surface area contributed by atoms with Crippen LogP contribution in [0.2, 0.25) is 0 Å². The Morgan fingerprint density at radius 3 is 2.00 bits per heavy atom. The molecule has 0 fully saturated rings. The molecule has 23 heavy (non-hydrogen) atoms. The maximum atomic E-state index is 11.5. The Kier molecular flexibility index (Phi) is 12.4. The molecule has 0 spiro atoms. The number of carbonyl (C=O) groups excluding carboxylic acids is 1. The number of esters is 1. The summed E-state index contributed by atoms with van der Waals surface area (Å²) in [6.07, 6.45) is 11.4. The van der Waals surface area contributed by atoms with Crippen LogP contribution in [0.5, 0.6) is 0 Å². The molecule has 0 aliphatic carbocycles. The van der Waals surface area contributed by atoms with E-state index in [1.54, 1.807) is 0 Å². The Hall–Kier alpha value is -1.35. The summed E-state index contributed by atoms with van der Waals surface area (Å²) in [4.78, 5) is 13.5. The minimum atomic E-state index is -0.127. The van der Waals surface area contributed by atoms with Crippen LogP contribution in [-0.4, -0.2) is 38.1 Å². The van der Waals surface area contributed by atoms with Gasteiger partial charge in [-0.15, -0.1) is 0 Å². The lowest BCUT2D eigenvalue weighted by molar-refractivity contribution is -0.142. The van der Waals surface area contributed by atoms with Crippen molar-refractivity contribution < 1.29 is 9.53 Å². The Morgan fingerprint density at radius 2 is 1.43 bits per heavy atom. The molecule has 3 heteroatoms. The zero-order chi connectivity index (χ0) is 17.7. The van der Waals surface area contributed by atoms with E-state index in [4.69, 9.17) is 4.74 Å². The van der Waals surface area contributed by atoms with Crippen molar-refractivity contribution in [2.75, 3.05) is 27.2 Å². The zero-order valence-electron chi connectivity index (χ0n) is 15.9. The number of nitrogens with zero attached hydrogens (tertiary/aromatic N) is 1. The summed E-state index contributed by atoms with van der Waals surface area (Å²) in [6.45, 7) is 9.70. The second-order valence-electron chi connectivity index (χ2n) is 6.70. The minimum Gasteiger partial charge on any atom is -0.461 e. The number of hydrogen-bond donors (Lipinski definition) is 0. The number of hydrogen-bond acceptors (Lipinski definition) is 3. The van der Waals surface area contributed by atoms with Crippen molar-refractivity contribution in [3.8, 4) is 0 Å². The fourth-order valence-corrected chi connectivity index (χ4v) is 2.00. The van der Waals surface area contributed by atoms with Crippen molar-refractivity contribution in [1.82, 2.24) is 4.90 Å². The molecule has 0 unspecified atom stereocenters. The predicted molar refractivity (Wildman–Crippen MR) is 99.5 cm³/mol. The zero-order valence-corrected chi connectivity index (χ0v) is 15.9. The van der Waals surface area contributed by atoms with E-state index in [-0.39, 0.29) is 5.97 Å². The van der Waals surface area contributed by atoms with Crippen molar-refractivity contribution >= 4 is 5.97 Å². The molecule has 0 bridgehead atoms. The average molecular weight is 322 g/mol. The van der Waals surface area contributed by atoms with E-state index in [2.05, 4.69) is 39.8 Å². The van der Waals surface area contributed by atoms with E-state index < -0.39 is 0 Å². The van der Waals surface area contributed by atoms with Crippen LogP contribution in [0.15, 0.2) is 34.9 Å². The summed E-state index contributed by atoms with van der Waals surface area (Å²) in [7, 11) is 3.90. The predicted octanol–water partition coefficient (Wildman–Crippen LogP) is 4.90. The molecule has 0 rings (SSSR count). The topological polar surface area (TPSA) is 29.5 Å². The summed E-state index contributed by atoms with van der Waals surface area (Å²) >= 11 is 0. The van der Waals surface area contributed by atoms with Gasteiger partial charge < -0.3 is 9.64 Å². The van der Waals surface area contributed by atoms with E-state index in [1.807, 2.05) is 25.1 Å². The van der Waals surface area contributed by atoms with Crippen molar-refractivity contribution in [1.29, 1.82) is 0 Å². The van der Waals surface area contributed by atoms with Gasteiger partial charge in [-0.25, -0.2) is 0 Å². The van der Waals surface area contributed by atoms with Crippen molar-refractivity contribution in [3.05, 3.63) is 34.9 Å². The van der Waals surface area contributed by atoms with E-state index in [0.717, 1.165) is 32.2 Å². The Morgan fingerprint density at radius 1 is 0.870 bits per heavy atom. The highest BCUT2D eigenvalue weighted by Crippen LogP contribution is 2.11. The first kappa shape index (κ1) is 21.6. The molecule has 0 aromatic rings. The molecule has 0 N–H and O–H groups in total. The molecule has 0 heterocycles. The molecule has 132 valence electrons. The minimum absolute atomic E-state index is 0.127. The molecular weight excluding hydrogens is 286 g/mol. The van der Waals surface area contributed by atoms with Crippen molar-refractivity contribution in [2.24, 2.45) is 0 Å². The van der Waals surface area contributed by atoms with Crippen LogP contribution in [0.1, 0.15) is 59.8 Å². The molecule has 0 radical (unpaired) electrons. The molecule has 0 aromatic heterocycles. The monoisotopic (exact) mass is 321 g/mol. The third-order valence-electron chi connectivity index (χ3n) is 3.56. The lowest BCUT2D eigenvalue weighted by Gasteiger charge is -2.08. The first-order chi connectivity index (χ1) is 10.8. The number of allylic oxidation sites excluding steroid dienone is 5. The van der Waals surface area contributed by atoms with Crippen molar-refractivity contribution in [3.63, 3.8) is 0 Å². The third-order valence-corrected chi connectivity index (χ3v) is 3.56. The first-order valence-electron chi connectivity index (χ1n) is 8.56. The molecule has 0 saturated heterocycles. The Bertz CT molecular complexity index is 427. The highest BCUT2D eigenvalue weighted by molar-refractivity contribution is 5.69. The van der Waals surface area contributed by atoms with Gasteiger partial charge in [0.25, 0.3) is 0 Å². The van der Waals surface area contributed by atoms with E-state index in [9.17, 15) is 4.79 Å². The van der Waals surface area contributed by atoms with Gasteiger partial charge in [0.2, 0.25) is 0 Å². The average Bonchev–Trinajstić information content (AvgIpc) is 2.44. The molecule has 0 atom stereocenters. The Labute approximate surface area is 143 Å². The van der Waals surface area contributed by atoms with Crippen LogP contribution in [0.4, 0.5) is 0 Å². The smallest absolute Gasteiger partial charge is 0.307 e. The Balaban J connectivity index is 3.89. The summed E-state index contributed by atoms with van der Waals surface area (Å²) in [5, 5.41) is 0. The van der Waals surface area contributed by atoms with E-state index in [0.29, 0.717) is 13.0 Å². The van der Waals surface area contributed by atoms with Gasteiger partial charge in [-0.2, -0.15) is 0 Å². The van der Waals surface area contributed by atoms with Gasteiger partial charge in [0.15, 0.2) is 0 Å². The van der Waals surface area contributed by atoms with E-state index in [1.165, 1.54) is 16.7 Å². The quantitative estimate of drug-likeness (QED) is 0.400. The highest BCUT2D eigenvalue weighted by Gasteiger charge is 2.02. The molecule has 0 aliphatic rings. The van der Waals surface area contributed by atoms with Gasteiger partial charge >= 0.3 is 5.97 Å². The van der Waals surface area contributed by atoms with Crippen molar-refractivity contribution in [2.45, 2.75) is 59.8 Å². The van der Waals surface area contributed by atoms with Crippen LogP contribution < -0.4 is 0 Å². The molecule has 0 aliphatic heterocycles. The number of ether oxygens (including phenoxy) is 1. The summed E-state index contributed by atoms with van der Waals surface area (Å²) in [6, 6.07) is 0. The van der Waals surface area contributed by atoms with Crippen LogP contribution in [-0.2, 0) is 9.53 Å². The largest absolute Gasteiger partial charge is 0.461 e. The maximum absolute atomic E-state index is 11.5. The second kappa shape index (κ2) is 13.1. The molecule has 0 saturated carbocycles. The fourth-order valence-electron chi connectivity index (χ4n) is 2.00. The van der Waals surface area contributed by atoms with E-state index >= 15 is 0 Å². The second-order valence-corrected chi connectivity index (χ2v) is 6.70. The highest BCUT2D eigenvalue weighted by atomic mass is 16.5. The van der Waals surface area contributed by atoms with Gasteiger partial charge in [-0.3, -0.25) is 4.79 Å². The van der Waals surface area contributed by atoms with Crippen LogP contribution in [0.25, 0.3) is 0 Å². The summed E-state index contributed by atoms with van der Waals surface area (Å²) < 4.78 is 5.20. The molecular formula is C20H35NO2. The number of carbonyl (C=O) groups is 1. The van der Waals surface area contributed by atoms with Gasteiger partial charge in [0.05, 0.1) is 6.42 Å². The van der Waals surface area contributed by atoms with Gasteiger partial charge in [-0.1, -0.05) is 28.9 Å². The number of rotatable bonds is 11. The summed E-state index contributed by atoms with van der Waals surface area (Å²) in [5.41, 5.74) is 4.11. The molecule has 0 amide bonds. The lowest BCUT2D eigenvalue weighted by atomic mass is 10.1. The SMILES string of the molecule is CC(C)=CCCC(C)=CCCC(C)=CCOC(=O)CCN(C)C. The van der Waals surface area contributed by atoms with Crippen LogP contribution >= 0.6 is 0 Å². The van der Waals surface area contributed by atoms with Gasteiger partial charge in [-0.05, 0) is 73.5 Å². The maximum Gasteiger partial charge on any atom is 0.307 e. The standard InChI is InChI=1S/C20H35NO2/c1-17(2)9-7-10-18(3)11-8-12-19(4)14-16-23-20(22)13-15-21(5)6/h9,11,14H,7-8,10,12-13,15-16H2,1-6H3. The third kappa shape index (κ3) is 15.3.